The molecular weight excluding hydrogens is 248 g/mol. The predicted molar refractivity (Wildman–Crippen MR) is 82.4 cm³/mol. The molecule has 0 aromatic heterocycles. The smallest absolute Gasteiger partial charge is 0.120 e. The number of piperidine rings is 2. The van der Waals surface area contributed by atoms with E-state index in [0.717, 1.165) is 38.2 Å². The third-order valence-corrected chi connectivity index (χ3v) is 4.59. The Balaban J connectivity index is 1.62. The highest BCUT2D eigenvalue weighted by Crippen LogP contribution is 2.27. The van der Waals surface area contributed by atoms with Crippen molar-refractivity contribution >= 4 is 0 Å². The summed E-state index contributed by atoms with van der Waals surface area (Å²) in [4.78, 5) is 2.38. The molecular formula is C17H26N2O. The average molecular weight is 274 g/mol. The van der Waals surface area contributed by atoms with Crippen LogP contribution in [0.2, 0.25) is 0 Å². The van der Waals surface area contributed by atoms with Crippen molar-refractivity contribution in [2.24, 2.45) is 0 Å². The van der Waals surface area contributed by atoms with Gasteiger partial charge in [-0.25, -0.2) is 0 Å². The van der Waals surface area contributed by atoms with Crippen molar-refractivity contribution in [3.8, 4) is 5.75 Å². The van der Waals surface area contributed by atoms with Gasteiger partial charge in [0.25, 0.3) is 0 Å². The highest BCUT2D eigenvalue weighted by atomic mass is 16.5. The molecule has 20 heavy (non-hydrogen) atoms. The first-order valence-corrected chi connectivity index (χ1v) is 7.97. The first-order valence-electron chi connectivity index (χ1n) is 7.97. The molecule has 1 aromatic carbocycles. The summed E-state index contributed by atoms with van der Waals surface area (Å²) in [6.45, 7) is 4.58. The van der Waals surface area contributed by atoms with Crippen molar-refractivity contribution in [3.05, 3.63) is 29.8 Å². The van der Waals surface area contributed by atoms with Gasteiger partial charge in [0.1, 0.15) is 11.9 Å². The Kier molecular flexibility index (Phi) is 4.58. The van der Waals surface area contributed by atoms with Crippen LogP contribution in [0.1, 0.15) is 37.2 Å². The highest BCUT2D eigenvalue weighted by Gasteiger charge is 2.19. The van der Waals surface area contributed by atoms with E-state index in [4.69, 9.17) is 4.74 Å². The maximum absolute atomic E-state index is 6.19. The lowest BCUT2D eigenvalue weighted by atomic mass is 9.91. The van der Waals surface area contributed by atoms with Gasteiger partial charge in [-0.15, -0.1) is 0 Å². The van der Waals surface area contributed by atoms with Gasteiger partial charge in [-0.3, -0.25) is 0 Å². The van der Waals surface area contributed by atoms with Crippen LogP contribution >= 0.6 is 0 Å². The van der Waals surface area contributed by atoms with Crippen LogP contribution in [-0.4, -0.2) is 44.2 Å². The molecule has 3 heteroatoms. The lowest BCUT2D eigenvalue weighted by Gasteiger charge is -2.29. The molecule has 2 aliphatic rings. The van der Waals surface area contributed by atoms with Gasteiger partial charge in [0.05, 0.1) is 0 Å². The Morgan fingerprint density at radius 1 is 1.20 bits per heavy atom. The summed E-state index contributed by atoms with van der Waals surface area (Å²) >= 11 is 0. The van der Waals surface area contributed by atoms with E-state index in [0.29, 0.717) is 12.0 Å². The lowest BCUT2D eigenvalue weighted by Crippen LogP contribution is -2.35. The van der Waals surface area contributed by atoms with Gasteiger partial charge in [0, 0.05) is 19.6 Å². The Bertz CT molecular complexity index is 421. The molecule has 1 N–H and O–H groups in total. The zero-order valence-corrected chi connectivity index (χ0v) is 12.5. The summed E-state index contributed by atoms with van der Waals surface area (Å²) in [6.07, 6.45) is 5.26. The van der Waals surface area contributed by atoms with Gasteiger partial charge in [-0.1, -0.05) is 12.1 Å². The minimum Gasteiger partial charge on any atom is -0.490 e. The number of rotatable bonds is 3. The second-order valence-electron chi connectivity index (χ2n) is 6.24. The molecule has 0 bridgehead atoms. The number of benzene rings is 1. The second kappa shape index (κ2) is 6.59. The van der Waals surface area contributed by atoms with E-state index in [1.54, 1.807) is 0 Å². The predicted octanol–water partition coefficient (Wildman–Crippen LogP) is 2.63. The van der Waals surface area contributed by atoms with E-state index >= 15 is 0 Å². The van der Waals surface area contributed by atoms with E-state index in [2.05, 4.69) is 41.5 Å². The molecule has 0 radical (unpaired) electrons. The van der Waals surface area contributed by atoms with Gasteiger partial charge in [0.2, 0.25) is 0 Å². The normalized spacial score (nSPS) is 25.6. The Hall–Kier alpha value is -1.06. The quantitative estimate of drug-likeness (QED) is 0.917. The van der Waals surface area contributed by atoms with E-state index in [1.807, 2.05) is 0 Å². The Labute approximate surface area is 122 Å². The van der Waals surface area contributed by atoms with Crippen LogP contribution in [-0.2, 0) is 0 Å². The second-order valence-corrected chi connectivity index (χ2v) is 6.24. The molecule has 0 aliphatic carbocycles. The minimum atomic E-state index is 0.394. The minimum absolute atomic E-state index is 0.394. The van der Waals surface area contributed by atoms with Gasteiger partial charge in [-0.05, 0) is 62.9 Å². The molecule has 2 heterocycles. The molecule has 0 amide bonds. The van der Waals surface area contributed by atoms with Gasteiger partial charge >= 0.3 is 0 Å². The zero-order chi connectivity index (χ0) is 13.8. The summed E-state index contributed by atoms with van der Waals surface area (Å²) in [5, 5.41) is 3.49. The maximum Gasteiger partial charge on any atom is 0.120 e. The molecule has 2 fully saturated rings. The van der Waals surface area contributed by atoms with Crippen molar-refractivity contribution in [2.45, 2.75) is 37.7 Å². The highest BCUT2D eigenvalue weighted by molar-refractivity contribution is 5.31. The summed E-state index contributed by atoms with van der Waals surface area (Å²) < 4.78 is 6.19. The van der Waals surface area contributed by atoms with E-state index in [9.17, 15) is 0 Å². The molecule has 110 valence electrons. The number of ether oxygens (including phenoxy) is 1. The van der Waals surface area contributed by atoms with Crippen molar-refractivity contribution in [1.82, 2.24) is 10.2 Å². The van der Waals surface area contributed by atoms with Crippen LogP contribution in [0.4, 0.5) is 0 Å². The van der Waals surface area contributed by atoms with Gasteiger partial charge in [0.15, 0.2) is 0 Å². The molecule has 0 spiro atoms. The summed E-state index contributed by atoms with van der Waals surface area (Å²) in [7, 11) is 2.19. The third kappa shape index (κ3) is 3.53. The first kappa shape index (κ1) is 13.9. The van der Waals surface area contributed by atoms with E-state index in [1.165, 1.54) is 24.9 Å². The fraction of sp³-hybridized carbons (Fsp3) is 0.647. The average Bonchev–Trinajstić information content (AvgIpc) is 2.51. The molecule has 0 saturated carbocycles. The fourth-order valence-electron chi connectivity index (χ4n) is 3.27. The molecule has 2 saturated heterocycles. The molecule has 1 unspecified atom stereocenters. The van der Waals surface area contributed by atoms with Crippen LogP contribution in [0, 0.1) is 0 Å². The third-order valence-electron chi connectivity index (χ3n) is 4.59. The molecule has 2 aliphatic heterocycles. The summed E-state index contributed by atoms with van der Waals surface area (Å²) in [5.41, 5.74) is 1.43. The molecule has 1 aromatic rings. The standard InChI is InChI=1S/C17H26N2O/c1-19-10-7-16(8-11-19)20-17-6-2-4-14(12-17)15-5-3-9-18-13-15/h2,4,6,12,15-16,18H,3,5,7-11,13H2,1H3. The molecule has 3 nitrogen and oxygen atoms in total. The van der Waals surface area contributed by atoms with Crippen LogP contribution < -0.4 is 10.1 Å². The number of hydrogen-bond donors (Lipinski definition) is 1. The number of likely N-dealkylation sites (tertiary alicyclic amines) is 1. The number of nitrogens with zero attached hydrogens (tertiary/aromatic N) is 1. The zero-order valence-electron chi connectivity index (χ0n) is 12.5. The Morgan fingerprint density at radius 3 is 2.80 bits per heavy atom. The van der Waals surface area contributed by atoms with Crippen LogP contribution in [0.25, 0.3) is 0 Å². The van der Waals surface area contributed by atoms with Crippen molar-refractivity contribution < 1.29 is 4.74 Å². The van der Waals surface area contributed by atoms with Crippen LogP contribution in [0.3, 0.4) is 0 Å². The van der Waals surface area contributed by atoms with Gasteiger partial charge < -0.3 is 15.0 Å². The Morgan fingerprint density at radius 2 is 2.05 bits per heavy atom. The fourth-order valence-corrected chi connectivity index (χ4v) is 3.27. The van der Waals surface area contributed by atoms with Crippen LogP contribution in [0.15, 0.2) is 24.3 Å². The van der Waals surface area contributed by atoms with Crippen molar-refractivity contribution in [2.75, 3.05) is 33.2 Å². The van der Waals surface area contributed by atoms with Gasteiger partial charge in [-0.2, -0.15) is 0 Å². The summed E-state index contributed by atoms with van der Waals surface area (Å²) in [5.74, 6) is 1.72. The topological polar surface area (TPSA) is 24.5 Å². The summed E-state index contributed by atoms with van der Waals surface area (Å²) in [6, 6.07) is 8.77. The lowest BCUT2D eigenvalue weighted by molar-refractivity contribution is 0.114. The van der Waals surface area contributed by atoms with E-state index in [-0.39, 0.29) is 0 Å². The molecule has 3 rings (SSSR count). The SMILES string of the molecule is CN1CCC(Oc2cccc(C3CCCNC3)c2)CC1. The number of hydrogen-bond acceptors (Lipinski definition) is 3. The van der Waals surface area contributed by atoms with Crippen LogP contribution in [0.5, 0.6) is 5.75 Å². The first-order chi connectivity index (χ1) is 9.81. The van der Waals surface area contributed by atoms with E-state index < -0.39 is 0 Å². The van der Waals surface area contributed by atoms with Crippen molar-refractivity contribution in [3.63, 3.8) is 0 Å². The monoisotopic (exact) mass is 274 g/mol. The maximum atomic E-state index is 6.19. The largest absolute Gasteiger partial charge is 0.490 e. The number of nitrogens with one attached hydrogen (secondary N) is 1. The van der Waals surface area contributed by atoms with Crippen molar-refractivity contribution in [1.29, 1.82) is 0 Å². The molecule has 1 atom stereocenters.